The van der Waals surface area contributed by atoms with E-state index >= 15 is 0 Å². The van der Waals surface area contributed by atoms with Crippen LogP contribution in [0.4, 0.5) is 0 Å². The van der Waals surface area contributed by atoms with Gasteiger partial charge in [-0.3, -0.25) is 0 Å². The molecule has 34 heavy (non-hydrogen) atoms. The number of aliphatic hydroxyl groups excluding tert-OH is 1. The Labute approximate surface area is 198 Å². The van der Waals surface area contributed by atoms with Crippen LogP contribution < -0.4 is 4.74 Å². The van der Waals surface area contributed by atoms with Gasteiger partial charge in [0.25, 0.3) is 0 Å². The molecule has 11 heteroatoms. The maximum atomic E-state index is 12.0. The van der Waals surface area contributed by atoms with Crippen molar-refractivity contribution in [2.45, 2.75) is 50.1 Å². The number of hydrogen-bond donors (Lipinski definition) is 1. The lowest BCUT2D eigenvalue weighted by Gasteiger charge is -2.23. The smallest absolute Gasteiger partial charge is 0.247 e. The minimum absolute atomic E-state index is 0.195. The zero-order chi connectivity index (χ0) is 24.1. The lowest BCUT2D eigenvalue weighted by molar-refractivity contribution is -0.0365. The highest BCUT2D eigenvalue weighted by molar-refractivity contribution is 7.90. The number of nitrogens with zero attached hydrogens (tertiary/aromatic N) is 4. The number of benzene rings is 1. The van der Waals surface area contributed by atoms with Crippen LogP contribution in [0.2, 0.25) is 0 Å². The average Bonchev–Trinajstić information content (AvgIpc) is 3.20. The first kappa shape index (κ1) is 24.5. The van der Waals surface area contributed by atoms with Crippen LogP contribution in [0.3, 0.4) is 0 Å². The summed E-state index contributed by atoms with van der Waals surface area (Å²) >= 11 is 0. The number of aliphatic hydroxyl groups is 1. The predicted octanol–water partition coefficient (Wildman–Crippen LogP) is 2.76. The summed E-state index contributed by atoms with van der Waals surface area (Å²) in [6, 6.07) is 7.35. The summed E-state index contributed by atoms with van der Waals surface area (Å²) in [5, 5.41) is 14.6. The first-order valence-corrected chi connectivity index (χ1v) is 13.3. The van der Waals surface area contributed by atoms with E-state index in [0.717, 1.165) is 36.4 Å². The lowest BCUT2D eigenvalue weighted by atomic mass is 10.1. The molecule has 1 aromatic carbocycles. The van der Waals surface area contributed by atoms with Gasteiger partial charge >= 0.3 is 0 Å². The van der Waals surface area contributed by atoms with Gasteiger partial charge in [-0.1, -0.05) is 0 Å². The van der Waals surface area contributed by atoms with Crippen molar-refractivity contribution in [3.05, 3.63) is 30.5 Å². The van der Waals surface area contributed by atoms with Crippen LogP contribution >= 0.6 is 0 Å². The highest BCUT2D eigenvalue weighted by Gasteiger charge is 2.23. The Kier molecular flexibility index (Phi) is 7.77. The van der Waals surface area contributed by atoms with Crippen LogP contribution in [-0.2, 0) is 19.3 Å². The summed E-state index contributed by atoms with van der Waals surface area (Å²) < 4.78 is 43.1. The second-order valence-electron chi connectivity index (χ2n) is 8.42. The molecule has 1 aliphatic rings. The molecule has 0 spiro atoms. The second kappa shape index (κ2) is 10.8. The van der Waals surface area contributed by atoms with Crippen LogP contribution in [0.1, 0.15) is 38.8 Å². The Hall–Kier alpha value is -2.60. The van der Waals surface area contributed by atoms with Crippen molar-refractivity contribution in [2.75, 3.05) is 32.7 Å². The molecule has 2 unspecified atom stereocenters. The lowest BCUT2D eigenvalue weighted by Crippen LogP contribution is -2.19. The van der Waals surface area contributed by atoms with E-state index in [1.54, 1.807) is 13.0 Å². The summed E-state index contributed by atoms with van der Waals surface area (Å²) in [4.78, 5) is 8.16. The van der Waals surface area contributed by atoms with Crippen LogP contribution in [0, 0.1) is 0 Å². The molecule has 184 valence electrons. The van der Waals surface area contributed by atoms with Gasteiger partial charge < -0.3 is 19.3 Å². The third-order valence-corrected chi connectivity index (χ3v) is 6.23. The SMILES string of the molecule is CC(O)COCCCOc1ccc2c(c1)c(-c1ccnc(S(C)(=O)=O)n1)nn2C1CCCCO1. The van der Waals surface area contributed by atoms with Gasteiger partial charge in [0, 0.05) is 37.5 Å². The number of aromatic nitrogens is 4. The molecule has 0 bridgehead atoms. The summed E-state index contributed by atoms with van der Waals surface area (Å²) in [5.74, 6) is 0.658. The van der Waals surface area contributed by atoms with E-state index in [9.17, 15) is 13.5 Å². The Morgan fingerprint density at radius 1 is 1.26 bits per heavy atom. The van der Waals surface area contributed by atoms with E-state index in [1.807, 2.05) is 22.9 Å². The fourth-order valence-corrected chi connectivity index (χ4v) is 4.31. The molecule has 0 saturated carbocycles. The summed E-state index contributed by atoms with van der Waals surface area (Å²) in [6.45, 7) is 3.59. The van der Waals surface area contributed by atoms with Gasteiger partial charge in [0.1, 0.15) is 11.4 Å². The molecular weight excluding hydrogens is 460 g/mol. The van der Waals surface area contributed by atoms with Gasteiger partial charge in [-0.15, -0.1) is 0 Å². The highest BCUT2D eigenvalue weighted by atomic mass is 32.2. The average molecular weight is 491 g/mol. The Morgan fingerprint density at radius 2 is 2.12 bits per heavy atom. The molecule has 3 heterocycles. The number of rotatable bonds is 10. The summed E-state index contributed by atoms with van der Waals surface area (Å²) in [7, 11) is -3.57. The second-order valence-corrected chi connectivity index (χ2v) is 10.3. The number of ether oxygens (including phenoxy) is 3. The standard InChI is InChI=1S/C23H30N4O6S/c1-16(28)15-31-11-5-13-32-17-7-8-20-18(14-17)22(26-27(20)21-6-3-4-12-33-21)19-9-10-24-23(25-19)34(2,29)30/h7-10,14,16,21,28H,3-6,11-13,15H2,1-2H3. The van der Waals surface area contributed by atoms with E-state index in [1.165, 1.54) is 6.20 Å². The van der Waals surface area contributed by atoms with E-state index in [-0.39, 0.29) is 11.4 Å². The quantitative estimate of drug-likeness (QED) is 0.337. The maximum Gasteiger partial charge on any atom is 0.247 e. The Morgan fingerprint density at radius 3 is 2.85 bits per heavy atom. The van der Waals surface area contributed by atoms with Crippen LogP contribution in [0.25, 0.3) is 22.3 Å². The molecule has 3 aromatic rings. The zero-order valence-corrected chi connectivity index (χ0v) is 20.2. The van der Waals surface area contributed by atoms with Gasteiger partial charge in [0.15, 0.2) is 6.23 Å². The maximum absolute atomic E-state index is 12.0. The first-order chi connectivity index (χ1) is 16.3. The van der Waals surface area contributed by atoms with Gasteiger partial charge in [0.2, 0.25) is 15.0 Å². The van der Waals surface area contributed by atoms with Crippen LogP contribution in [-0.4, -0.2) is 72.1 Å². The third kappa shape index (κ3) is 5.90. The van der Waals surface area contributed by atoms with Crippen molar-refractivity contribution in [3.63, 3.8) is 0 Å². The molecule has 10 nitrogen and oxygen atoms in total. The fraction of sp³-hybridized carbons (Fsp3) is 0.522. The summed E-state index contributed by atoms with van der Waals surface area (Å²) in [5.41, 5.74) is 1.81. The van der Waals surface area contributed by atoms with Crippen molar-refractivity contribution in [2.24, 2.45) is 0 Å². The van der Waals surface area contributed by atoms with E-state index in [2.05, 4.69) is 9.97 Å². The molecular formula is C23H30N4O6S. The molecule has 2 atom stereocenters. The first-order valence-electron chi connectivity index (χ1n) is 11.4. The molecule has 4 rings (SSSR count). The van der Waals surface area contributed by atoms with Crippen molar-refractivity contribution < 1.29 is 27.7 Å². The molecule has 1 aliphatic heterocycles. The van der Waals surface area contributed by atoms with E-state index in [4.69, 9.17) is 19.3 Å². The summed E-state index contributed by atoms with van der Waals surface area (Å²) in [6.07, 6.45) is 5.41. The van der Waals surface area contributed by atoms with Crippen molar-refractivity contribution in [3.8, 4) is 17.1 Å². The molecule has 1 N–H and O–H groups in total. The monoisotopic (exact) mass is 490 g/mol. The third-order valence-electron chi connectivity index (χ3n) is 5.37. The molecule has 0 amide bonds. The van der Waals surface area contributed by atoms with E-state index in [0.29, 0.717) is 50.0 Å². The van der Waals surface area contributed by atoms with Crippen molar-refractivity contribution in [1.29, 1.82) is 0 Å². The van der Waals surface area contributed by atoms with Gasteiger partial charge in [-0.25, -0.2) is 23.1 Å². The molecule has 1 saturated heterocycles. The van der Waals surface area contributed by atoms with Crippen LogP contribution in [0.5, 0.6) is 5.75 Å². The Balaban J connectivity index is 1.64. The molecule has 1 fully saturated rings. The molecule has 0 aliphatic carbocycles. The highest BCUT2D eigenvalue weighted by Crippen LogP contribution is 2.34. The van der Waals surface area contributed by atoms with Gasteiger partial charge in [-0.2, -0.15) is 5.10 Å². The van der Waals surface area contributed by atoms with Crippen molar-refractivity contribution in [1.82, 2.24) is 19.7 Å². The van der Waals surface area contributed by atoms with Gasteiger partial charge in [-0.05, 0) is 50.5 Å². The number of fused-ring (bicyclic) bond motifs is 1. The van der Waals surface area contributed by atoms with E-state index < -0.39 is 15.9 Å². The minimum Gasteiger partial charge on any atom is -0.493 e. The topological polar surface area (TPSA) is 126 Å². The predicted molar refractivity (Wildman–Crippen MR) is 125 cm³/mol. The van der Waals surface area contributed by atoms with Gasteiger partial charge in [0.05, 0.1) is 30.5 Å². The zero-order valence-electron chi connectivity index (χ0n) is 19.4. The Bertz CT molecular complexity index is 1220. The van der Waals surface area contributed by atoms with Crippen molar-refractivity contribution >= 4 is 20.7 Å². The molecule has 2 aromatic heterocycles. The van der Waals surface area contributed by atoms with Crippen LogP contribution in [0.15, 0.2) is 35.6 Å². The number of hydrogen-bond acceptors (Lipinski definition) is 9. The largest absolute Gasteiger partial charge is 0.493 e. The molecule has 0 radical (unpaired) electrons. The number of sulfone groups is 1. The normalized spacial score (nSPS) is 17.7. The fourth-order valence-electron chi connectivity index (χ4n) is 3.79. The minimum atomic E-state index is -3.57.